The largest absolute Gasteiger partial charge is 0.395 e. The summed E-state index contributed by atoms with van der Waals surface area (Å²) >= 11 is 1.60. The van der Waals surface area contributed by atoms with Crippen molar-refractivity contribution in [3.63, 3.8) is 0 Å². The average Bonchev–Trinajstić information content (AvgIpc) is 2.25. The van der Waals surface area contributed by atoms with Crippen LogP contribution in [0.5, 0.6) is 0 Å². The van der Waals surface area contributed by atoms with Gasteiger partial charge in [0.15, 0.2) is 0 Å². The van der Waals surface area contributed by atoms with E-state index in [1.165, 1.54) is 0 Å². The van der Waals surface area contributed by atoms with Crippen LogP contribution in [0.4, 0.5) is 0 Å². The predicted octanol–water partition coefficient (Wildman–Crippen LogP) is 0.928. The van der Waals surface area contributed by atoms with Crippen LogP contribution in [0.25, 0.3) is 0 Å². The Hall–Kier alpha value is -0.650. The van der Waals surface area contributed by atoms with Crippen molar-refractivity contribution >= 4 is 11.8 Å². The molecule has 0 aliphatic carbocycles. The summed E-state index contributed by atoms with van der Waals surface area (Å²) in [4.78, 5) is 8.14. The van der Waals surface area contributed by atoms with Crippen molar-refractivity contribution < 1.29 is 5.11 Å². The van der Waals surface area contributed by atoms with Crippen molar-refractivity contribution in [1.82, 2.24) is 15.3 Å². The van der Waals surface area contributed by atoms with Gasteiger partial charge in [0.2, 0.25) is 0 Å². The van der Waals surface area contributed by atoms with Crippen LogP contribution in [0.3, 0.4) is 0 Å². The zero-order valence-corrected chi connectivity index (χ0v) is 9.87. The molecule has 4 nitrogen and oxygen atoms in total. The minimum Gasteiger partial charge on any atom is -0.395 e. The van der Waals surface area contributed by atoms with Gasteiger partial charge in [-0.05, 0) is 0 Å². The van der Waals surface area contributed by atoms with Crippen LogP contribution in [0.1, 0.15) is 13.8 Å². The van der Waals surface area contributed by atoms with E-state index in [4.69, 9.17) is 5.11 Å². The van der Waals surface area contributed by atoms with Gasteiger partial charge in [0.25, 0.3) is 0 Å². The molecule has 1 aromatic heterocycles. The van der Waals surface area contributed by atoms with Gasteiger partial charge in [-0.2, -0.15) is 0 Å². The van der Waals surface area contributed by atoms with E-state index in [0.29, 0.717) is 6.04 Å². The second kappa shape index (κ2) is 6.76. The maximum Gasteiger partial charge on any atom is 0.114 e. The number of nitrogens with one attached hydrogen (secondary N) is 1. The third kappa shape index (κ3) is 5.11. The molecule has 1 unspecified atom stereocenters. The van der Waals surface area contributed by atoms with Gasteiger partial charge in [0.05, 0.1) is 12.8 Å². The zero-order valence-electron chi connectivity index (χ0n) is 9.05. The lowest BCUT2D eigenvalue weighted by atomic mass is 10.3. The van der Waals surface area contributed by atoms with Crippen LogP contribution in [0, 0.1) is 0 Å². The van der Waals surface area contributed by atoms with E-state index in [9.17, 15) is 0 Å². The van der Waals surface area contributed by atoms with Gasteiger partial charge >= 0.3 is 0 Å². The fraction of sp³-hybridized carbons (Fsp3) is 0.600. The molecule has 0 saturated heterocycles. The highest BCUT2D eigenvalue weighted by Gasteiger charge is 2.09. The Labute approximate surface area is 94.5 Å². The van der Waals surface area contributed by atoms with Crippen molar-refractivity contribution in [2.75, 3.05) is 12.4 Å². The molecule has 5 heteroatoms. The van der Waals surface area contributed by atoms with Crippen LogP contribution >= 0.6 is 11.8 Å². The molecule has 0 spiro atoms. The summed E-state index contributed by atoms with van der Waals surface area (Å²) < 4.78 is 0. The van der Waals surface area contributed by atoms with E-state index >= 15 is 0 Å². The predicted molar refractivity (Wildman–Crippen MR) is 61.9 cm³/mol. The summed E-state index contributed by atoms with van der Waals surface area (Å²) in [5.74, 6) is 0.799. The molecule has 0 fully saturated rings. The van der Waals surface area contributed by atoms with Crippen LogP contribution in [0.15, 0.2) is 23.6 Å². The Morgan fingerprint density at radius 2 is 2.27 bits per heavy atom. The summed E-state index contributed by atoms with van der Waals surface area (Å²) in [5, 5.41) is 13.3. The Morgan fingerprint density at radius 1 is 1.47 bits per heavy atom. The second-order valence-electron chi connectivity index (χ2n) is 3.56. The molecule has 84 valence electrons. The quantitative estimate of drug-likeness (QED) is 0.708. The monoisotopic (exact) mass is 227 g/mol. The van der Waals surface area contributed by atoms with Crippen LogP contribution in [0.2, 0.25) is 0 Å². The summed E-state index contributed by atoms with van der Waals surface area (Å²) in [5.41, 5.74) is 0. The zero-order chi connectivity index (χ0) is 11.1. The van der Waals surface area contributed by atoms with E-state index in [0.717, 1.165) is 10.8 Å². The normalized spacial score (nSPS) is 13.1. The summed E-state index contributed by atoms with van der Waals surface area (Å²) in [6.45, 7) is 4.27. The summed E-state index contributed by atoms with van der Waals surface area (Å²) in [6.07, 6.45) is 5.06. The molecule has 2 N–H and O–H groups in total. The number of aromatic nitrogens is 2. The van der Waals surface area contributed by atoms with Gasteiger partial charge in [-0.1, -0.05) is 13.8 Å². The molecule has 0 aliphatic rings. The highest BCUT2D eigenvalue weighted by molar-refractivity contribution is 7.99. The molecule has 1 aromatic rings. The number of hydrogen-bond donors (Lipinski definition) is 2. The Balaban J connectivity index is 2.34. The van der Waals surface area contributed by atoms with Crippen LogP contribution in [-0.2, 0) is 0 Å². The van der Waals surface area contributed by atoms with Crippen molar-refractivity contribution in [1.29, 1.82) is 0 Å². The van der Waals surface area contributed by atoms with Gasteiger partial charge in [0, 0.05) is 30.2 Å². The highest BCUT2D eigenvalue weighted by atomic mass is 32.2. The van der Waals surface area contributed by atoms with Gasteiger partial charge in [0.1, 0.15) is 5.03 Å². The fourth-order valence-corrected chi connectivity index (χ4v) is 2.02. The van der Waals surface area contributed by atoms with E-state index < -0.39 is 0 Å². The van der Waals surface area contributed by atoms with E-state index in [-0.39, 0.29) is 12.6 Å². The standard InChI is InChI=1S/C10H17N3OS/c1-8(2)13-9(6-14)7-15-10-5-11-3-4-12-10/h3-5,8-9,13-14H,6-7H2,1-2H3. The third-order valence-corrected chi connectivity index (χ3v) is 2.84. The van der Waals surface area contributed by atoms with Crippen molar-refractivity contribution in [3.05, 3.63) is 18.6 Å². The van der Waals surface area contributed by atoms with E-state index in [1.54, 1.807) is 30.4 Å². The number of thioether (sulfide) groups is 1. The number of aliphatic hydroxyl groups is 1. The first kappa shape index (κ1) is 12.4. The third-order valence-electron chi connectivity index (χ3n) is 1.76. The highest BCUT2D eigenvalue weighted by Crippen LogP contribution is 2.14. The average molecular weight is 227 g/mol. The SMILES string of the molecule is CC(C)NC(CO)CSc1cnccn1. The molecular weight excluding hydrogens is 210 g/mol. The first-order valence-corrected chi connectivity index (χ1v) is 5.96. The molecule has 0 radical (unpaired) electrons. The maximum absolute atomic E-state index is 9.14. The molecule has 0 saturated carbocycles. The van der Waals surface area contributed by atoms with E-state index in [1.807, 2.05) is 0 Å². The molecule has 0 bridgehead atoms. The van der Waals surface area contributed by atoms with Gasteiger partial charge < -0.3 is 10.4 Å². The van der Waals surface area contributed by atoms with Crippen molar-refractivity contribution in [3.8, 4) is 0 Å². The molecule has 1 heterocycles. The fourth-order valence-electron chi connectivity index (χ4n) is 1.17. The minimum absolute atomic E-state index is 0.108. The maximum atomic E-state index is 9.14. The van der Waals surface area contributed by atoms with Crippen molar-refractivity contribution in [2.45, 2.75) is 31.0 Å². The molecule has 1 atom stereocenters. The first-order valence-electron chi connectivity index (χ1n) is 4.98. The van der Waals surface area contributed by atoms with Crippen LogP contribution in [-0.4, -0.2) is 39.5 Å². The van der Waals surface area contributed by atoms with Crippen LogP contribution < -0.4 is 5.32 Å². The first-order chi connectivity index (χ1) is 7.22. The van der Waals surface area contributed by atoms with Gasteiger partial charge in [-0.3, -0.25) is 4.98 Å². The number of hydrogen-bond acceptors (Lipinski definition) is 5. The second-order valence-corrected chi connectivity index (χ2v) is 4.60. The number of rotatable bonds is 6. The smallest absolute Gasteiger partial charge is 0.114 e. The molecule has 1 rings (SSSR count). The molecule has 0 amide bonds. The number of aliphatic hydroxyl groups excluding tert-OH is 1. The van der Waals surface area contributed by atoms with Gasteiger partial charge in [-0.25, -0.2) is 4.98 Å². The Bertz CT molecular complexity index is 269. The van der Waals surface area contributed by atoms with Gasteiger partial charge in [-0.15, -0.1) is 11.8 Å². The number of nitrogens with zero attached hydrogens (tertiary/aromatic N) is 2. The Morgan fingerprint density at radius 3 is 2.80 bits per heavy atom. The summed E-state index contributed by atoms with van der Waals surface area (Å²) in [7, 11) is 0. The lowest BCUT2D eigenvalue weighted by Crippen LogP contribution is -2.39. The topological polar surface area (TPSA) is 58.0 Å². The lowest BCUT2D eigenvalue weighted by molar-refractivity contribution is 0.247. The lowest BCUT2D eigenvalue weighted by Gasteiger charge is -2.18. The molecular formula is C10H17N3OS. The molecule has 15 heavy (non-hydrogen) atoms. The van der Waals surface area contributed by atoms with E-state index in [2.05, 4.69) is 29.1 Å². The van der Waals surface area contributed by atoms with Crippen molar-refractivity contribution in [2.24, 2.45) is 0 Å². The Kier molecular flexibility index (Phi) is 5.60. The molecule has 0 aromatic carbocycles. The molecule has 0 aliphatic heterocycles. The summed E-state index contributed by atoms with van der Waals surface area (Å²) in [6, 6.07) is 0.488. The minimum atomic E-state index is 0.108.